The van der Waals surface area contributed by atoms with Gasteiger partial charge in [-0.15, -0.1) is 11.3 Å². The van der Waals surface area contributed by atoms with Gasteiger partial charge < -0.3 is 18.0 Å². The number of aryl methyl sites for hydroxylation is 1. The Bertz CT molecular complexity index is 885. The van der Waals surface area contributed by atoms with Crippen molar-refractivity contribution in [2.24, 2.45) is 17.3 Å². The Morgan fingerprint density at radius 3 is 2.51 bits per heavy atom. The zero-order valence-corrected chi connectivity index (χ0v) is 24.6. The van der Waals surface area contributed by atoms with Gasteiger partial charge in [0.2, 0.25) is 0 Å². The molecule has 1 saturated heterocycles. The average Bonchev–Trinajstić information content (AvgIpc) is 3.21. The smallest absolute Gasteiger partial charge is 0.309 e. The highest BCUT2D eigenvalue weighted by molar-refractivity contribution is 14.1. The molecule has 0 saturated carbocycles. The molecule has 2 heterocycles. The number of rotatable bonds is 3. The molecule has 2 N–H and O–H groups in total. The third-order valence-corrected chi connectivity index (χ3v) is 8.68. The van der Waals surface area contributed by atoms with E-state index in [2.05, 4.69) is 4.98 Å². The Kier molecular flexibility index (Phi) is 11.8. The highest BCUT2D eigenvalue weighted by atomic mass is 127. The quantitative estimate of drug-likeness (QED) is 0.342. The van der Waals surface area contributed by atoms with Gasteiger partial charge in [0.05, 0.1) is 40.8 Å². The van der Waals surface area contributed by atoms with Crippen molar-refractivity contribution in [3.8, 4) is 0 Å². The van der Waals surface area contributed by atoms with E-state index in [1.54, 1.807) is 32.1 Å². The molecule has 1 aliphatic rings. The van der Waals surface area contributed by atoms with Crippen molar-refractivity contribution < 1.29 is 27.6 Å². The van der Waals surface area contributed by atoms with E-state index in [1.165, 1.54) is 0 Å². The largest absolute Gasteiger partial charge is 0.458 e. The van der Waals surface area contributed by atoms with Gasteiger partial charge in [0.25, 0.3) is 0 Å². The summed E-state index contributed by atoms with van der Waals surface area (Å²) in [6.07, 6.45) is 2.74. The Morgan fingerprint density at radius 1 is 1.26 bits per heavy atom. The van der Waals surface area contributed by atoms with Crippen LogP contribution in [0.5, 0.6) is 0 Å². The number of halogens is 1. The fourth-order valence-corrected chi connectivity index (χ4v) is 5.60. The number of esters is 1. The first-order valence-electron chi connectivity index (χ1n) is 12.3. The van der Waals surface area contributed by atoms with E-state index >= 15 is 0 Å². The lowest BCUT2D eigenvalue weighted by atomic mass is 9.73. The summed E-state index contributed by atoms with van der Waals surface area (Å²) in [6.45, 7) is 10.7. The van der Waals surface area contributed by atoms with Crippen molar-refractivity contribution in [3.63, 3.8) is 0 Å². The molecule has 0 bridgehead atoms. The van der Waals surface area contributed by atoms with Gasteiger partial charge in [-0.25, -0.2) is 4.98 Å². The van der Waals surface area contributed by atoms with Crippen LogP contribution in [-0.2, 0) is 17.4 Å². The van der Waals surface area contributed by atoms with E-state index in [4.69, 9.17) is 7.80 Å². The van der Waals surface area contributed by atoms with E-state index in [0.29, 0.717) is 6.42 Å². The van der Waals surface area contributed by atoms with Crippen LogP contribution in [0.15, 0.2) is 11.0 Å². The Labute approximate surface area is 227 Å². The lowest BCUT2D eigenvalue weighted by Gasteiger charge is -2.34. The number of Topliss-reactive ketones (excluding diaryl/α,β-unsaturated/α-hetero) is 1. The maximum absolute atomic E-state index is 13.2. The molecule has 1 aromatic heterocycles. The average molecular weight is 622 g/mol. The number of hydrogen-bond donors (Lipinski definition) is 2. The molecule has 0 amide bonds. The highest BCUT2D eigenvalue weighted by Crippen LogP contribution is 2.33. The molecule has 35 heavy (non-hydrogen) atoms. The molecular formula is C26H40INO6S. The molecule has 1 unspecified atom stereocenters. The second kappa shape index (κ2) is 13.6. The van der Waals surface area contributed by atoms with Gasteiger partial charge in [0.15, 0.2) is 0 Å². The lowest BCUT2D eigenvalue weighted by Crippen LogP contribution is -2.45. The maximum Gasteiger partial charge on any atom is 0.309 e. The van der Waals surface area contributed by atoms with E-state index < -0.39 is 35.6 Å². The topological polar surface area (TPSA) is 106 Å². The Hall–Kier alpha value is -0.880. The zero-order chi connectivity index (χ0) is 26.3. The second-order valence-corrected chi connectivity index (χ2v) is 12.0. The molecule has 2 rings (SSSR count). The minimum absolute atomic E-state index is 0.0572. The SMILES string of the molecule is C/C(=C\c1csc(C)n1)[C@@H]1C[C@H](OI)CCCC[C@H](C)[C@H](O)[C@@H](C)C(=O)C(C)(C)C(O)CC(=O)O1. The third kappa shape index (κ3) is 8.59. The van der Waals surface area contributed by atoms with Crippen molar-refractivity contribution in [2.75, 3.05) is 0 Å². The van der Waals surface area contributed by atoms with Crippen LogP contribution >= 0.6 is 34.3 Å². The van der Waals surface area contributed by atoms with Gasteiger partial charge in [0.1, 0.15) is 34.9 Å². The first-order valence-corrected chi connectivity index (χ1v) is 14.1. The fourth-order valence-electron chi connectivity index (χ4n) is 4.56. The summed E-state index contributed by atoms with van der Waals surface area (Å²) in [6, 6.07) is 0. The van der Waals surface area contributed by atoms with Crippen molar-refractivity contribution in [3.05, 3.63) is 21.7 Å². The van der Waals surface area contributed by atoms with Crippen LogP contribution in [0.2, 0.25) is 0 Å². The molecule has 7 nitrogen and oxygen atoms in total. The van der Waals surface area contributed by atoms with Crippen LogP contribution in [0, 0.1) is 24.2 Å². The number of aliphatic hydroxyl groups is 2. The molecule has 1 fully saturated rings. The Balaban J connectivity index is 2.32. The number of nitrogens with zero attached hydrogens (tertiary/aromatic N) is 1. The van der Waals surface area contributed by atoms with Gasteiger partial charge in [-0.1, -0.05) is 40.5 Å². The molecule has 1 aliphatic heterocycles. The second-order valence-electron chi connectivity index (χ2n) is 10.5. The van der Waals surface area contributed by atoms with E-state index in [1.807, 2.05) is 55.2 Å². The van der Waals surface area contributed by atoms with E-state index in [0.717, 1.165) is 42.0 Å². The zero-order valence-electron chi connectivity index (χ0n) is 21.6. The first-order chi connectivity index (χ1) is 16.4. The monoisotopic (exact) mass is 621 g/mol. The van der Waals surface area contributed by atoms with Gasteiger partial charge in [-0.3, -0.25) is 9.59 Å². The summed E-state index contributed by atoms with van der Waals surface area (Å²) in [7, 11) is 0. The molecule has 9 heteroatoms. The molecule has 0 radical (unpaired) electrons. The molecule has 0 aromatic carbocycles. The predicted molar refractivity (Wildman–Crippen MR) is 146 cm³/mol. The van der Waals surface area contributed by atoms with Crippen molar-refractivity contribution >= 4 is 52.2 Å². The summed E-state index contributed by atoms with van der Waals surface area (Å²) in [5.41, 5.74) is 0.453. The number of aromatic nitrogens is 1. The van der Waals surface area contributed by atoms with E-state index in [9.17, 15) is 19.8 Å². The van der Waals surface area contributed by atoms with Gasteiger partial charge in [-0.2, -0.15) is 0 Å². The number of aliphatic hydroxyl groups excluding tert-OH is 2. The van der Waals surface area contributed by atoms with Gasteiger partial charge >= 0.3 is 5.97 Å². The summed E-state index contributed by atoms with van der Waals surface area (Å²) < 4.78 is 11.5. The van der Waals surface area contributed by atoms with E-state index in [-0.39, 0.29) is 24.2 Å². The standard InChI is InChI=1S/C26H40INO6S/c1-15-9-7-8-10-20(34-27)12-21(16(2)11-19-14-35-18(4)28-19)33-23(30)13-22(29)26(5,6)25(32)17(3)24(15)31/h11,14-15,17,20-22,24,29,31H,7-10,12-13H2,1-6H3/b16-11+/t15-,17+,20+,21-,22?,24-/m0/s1. The minimum atomic E-state index is -1.23. The highest BCUT2D eigenvalue weighted by Gasteiger charge is 2.42. The van der Waals surface area contributed by atoms with Crippen molar-refractivity contribution in [2.45, 2.75) is 104 Å². The molecule has 1 aromatic rings. The first kappa shape index (κ1) is 30.3. The van der Waals surface area contributed by atoms with Crippen LogP contribution in [-0.4, -0.2) is 51.4 Å². The number of hydrogen-bond acceptors (Lipinski definition) is 8. The number of cyclic esters (lactones) is 1. The summed E-state index contributed by atoms with van der Waals surface area (Å²) in [5, 5.41) is 24.6. The number of ether oxygens (including phenoxy) is 1. The van der Waals surface area contributed by atoms with Gasteiger partial charge in [-0.05, 0) is 44.3 Å². The number of carbonyl (C=O) groups excluding carboxylic acids is 2. The van der Waals surface area contributed by atoms with Gasteiger partial charge in [0, 0.05) is 17.7 Å². The third-order valence-electron chi connectivity index (χ3n) is 7.17. The Morgan fingerprint density at radius 2 is 1.91 bits per heavy atom. The predicted octanol–water partition coefficient (Wildman–Crippen LogP) is 5.45. The fraction of sp³-hybridized carbons (Fsp3) is 0.731. The van der Waals surface area contributed by atoms with Crippen molar-refractivity contribution in [1.29, 1.82) is 0 Å². The molecule has 6 atom stereocenters. The number of carbonyl (C=O) groups is 2. The summed E-state index contributed by atoms with van der Waals surface area (Å²) in [5.74, 6) is -1.54. The molecule has 0 spiro atoms. The van der Waals surface area contributed by atoms with Crippen LogP contribution in [0.3, 0.4) is 0 Å². The van der Waals surface area contributed by atoms with Crippen molar-refractivity contribution in [1.82, 2.24) is 4.98 Å². The van der Waals surface area contributed by atoms with Crippen LogP contribution in [0.25, 0.3) is 6.08 Å². The van der Waals surface area contributed by atoms with Crippen LogP contribution in [0.1, 0.15) is 83.8 Å². The molecule has 0 aliphatic carbocycles. The maximum atomic E-state index is 13.2. The lowest BCUT2D eigenvalue weighted by molar-refractivity contribution is -0.155. The van der Waals surface area contributed by atoms with Crippen LogP contribution < -0.4 is 0 Å². The normalized spacial score (nSPS) is 32.3. The van der Waals surface area contributed by atoms with Crippen LogP contribution in [0.4, 0.5) is 0 Å². The molecule has 198 valence electrons. The number of ketones is 1. The summed E-state index contributed by atoms with van der Waals surface area (Å²) >= 11 is 3.45. The molecular weight excluding hydrogens is 581 g/mol. The number of thiazole rings is 1. The summed E-state index contributed by atoms with van der Waals surface area (Å²) in [4.78, 5) is 30.6. The minimum Gasteiger partial charge on any atom is -0.458 e.